The second-order valence-corrected chi connectivity index (χ2v) is 4.52. The molecule has 1 atom stereocenters. The largest absolute Gasteiger partial charge is 0.480 e. The summed E-state index contributed by atoms with van der Waals surface area (Å²) in [5.74, 6) is -1.25. The average molecular weight is 246 g/mol. The number of hydrogen-bond donors (Lipinski definition) is 3. The van der Waals surface area contributed by atoms with E-state index >= 15 is 0 Å². The highest BCUT2D eigenvalue weighted by atomic mass is 16.4. The van der Waals surface area contributed by atoms with E-state index in [2.05, 4.69) is 5.32 Å². The second kappa shape index (κ2) is 7.11. The smallest absolute Gasteiger partial charge is 0.326 e. The van der Waals surface area contributed by atoms with E-state index in [4.69, 9.17) is 10.2 Å². The number of carbonyl (C=O) groups is 2. The van der Waals surface area contributed by atoms with E-state index in [9.17, 15) is 9.59 Å². The molecular weight excluding hydrogens is 224 g/mol. The number of urea groups is 1. The summed E-state index contributed by atoms with van der Waals surface area (Å²) >= 11 is 0. The van der Waals surface area contributed by atoms with Crippen molar-refractivity contribution in [1.82, 2.24) is 10.2 Å². The lowest BCUT2D eigenvalue weighted by atomic mass is 10.1. The summed E-state index contributed by atoms with van der Waals surface area (Å²) in [6.07, 6.45) is 0. The maximum atomic E-state index is 11.8. The summed E-state index contributed by atoms with van der Waals surface area (Å²) in [7, 11) is 0. The molecule has 2 amide bonds. The fraction of sp³-hybridized carbons (Fsp3) is 0.818. The molecule has 0 radical (unpaired) electrons. The summed E-state index contributed by atoms with van der Waals surface area (Å²) in [6, 6.07) is -1.47. The number of carbonyl (C=O) groups excluding carboxylic acids is 1. The Kier molecular flexibility index (Phi) is 6.57. The number of carboxylic acid groups (broad SMARTS) is 1. The number of nitrogens with zero attached hydrogens (tertiary/aromatic N) is 1. The number of rotatable bonds is 6. The molecule has 0 aromatic heterocycles. The minimum absolute atomic E-state index is 0.0937. The van der Waals surface area contributed by atoms with Crippen molar-refractivity contribution in [2.75, 3.05) is 13.2 Å². The van der Waals surface area contributed by atoms with Gasteiger partial charge in [0, 0.05) is 12.6 Å². The van der Waals surface area contributed by atoms with Crippen molar-refractivity contribution >= 4 is 12.0 Å². The fourth-order valence-electron chi connectivity index (χ4n) is 1.43. The molecule has 0 rings (SSSR count). The highest BCUT2D eigenvalue weighted by Gasteiger charge is 2.26. The van der Waals surface area contributed by atoms with E-state index in [0.29, 0.717) is 0 Å². The molecule has 6 heteroatoms. The molecule has 100 valence electrons. The minimum atomic E-state index is -1.05. The number of aliphatic hydroxyl groups excluding tert-OH is 1. The maximum Gasteiger partial charge on any atom is 0.326 e. The third-order valence-corrected chi connectivity index (χ3v) is 2.44. The Morgan fingerprint density at radius 1 is 1.24 bits per heavy atom. The molecule has 17 heavy (non-hydrogen) atoms. The van der Waals surface area contributed by atoms with Crippen molar-refractivity contribution in [2.24, 2.45) is 5.92 Å². The lowest BCUT2D eigenvalue weighted by molar-refractivity contribution is -0.140. The topological polar surface area (TPSA) is 89.9 Å². The molecule has 0 aliphatic rings. The van der Waals surface area contributed by atoms with Crippen molar-refractivity contribution in [3.05, 3.63) is 0 Å². The first-order chi connectivity index (χ1) is 7.81. The Morgan fingerprint density at radius 2 is 1.76 bits per heavy atom. The third kappa shape index (κ3) is 5.04. The highest BCUT2D eigenvalue weighted by Crippen LogP contribution is 2.05. The van der Waals surface area contributed by atoms with Gasteiger partial charge in [-0.1, -0.05) is 13.8 Å². The number of amides is 2. The van der Waals surface area contributed by atoms with Gasteiger partial charge >= 0.3 is 12.0 Å². The number of aliphatic hydroxyl groups is 1. The lowest BCUT2D eigenvalue weighted by Crippen LogP contribution is -2.52. The molecule has 0 aromatic rings. The Bertz CT molecular complexity index is 266. The van der Waals surface area contributed by atoms with Gasteiger partial charge in [0.25, 0.3) is 0 Å². The van der Waals surface area contributed by atoms with Crippen molar-refractivity contribution in [1.29, 1.82) is 0 Å². The van der Waals surface area contributed by atoms with Crippen LogP contribution >= 0.6 is 0 Å². The fourth-order valence-corrected chi connectivity index (χ4v) is 1.43. The molecule has 3 N–H and O–H groups in total. The van der Waals surface area contributed by atoms with Crippen molar-refractivity contribution in [2.45, 2.75) is 39.8 Å². The summed E-state index contributed by atoms with van der Waals surface area (Å²) < 4.78 is 0. The maximum absolute atomic E-state index is 11.8. The first-order valence-corrected chi connectivity index (χ1v) is 5.72. The van der Waals surface area contributed by atoms with E-state index in [1.807, 2.05) is 0 Å². The monoisotopic (exact) mass is 246 g/mol. The van der Waals surface area contributed by atoms with Crippen LogP contribution in [0.4, 0.5) is 4.79 Å². The molecule has 0 spiro atoms. The van der Waals surface area contributed by atoms with Crippen LogP contribution in [-0.2, 0) is 4.79 Å². The van der Waals surface area contributed by atoms with E-state index in [1.54, 1.807) is 27.7 Å². The Labute approximate surface area is 102 Å². The van der Waals surface area contributed by atoms with Crippen LogP contribution in [0.25, 0.3) is 0 Å². The zero-order valence-electron chi connectivity index (χ0n) is 10.8. The van der Waals surface area contributed by atoms with Crippen LogP contribution < -0.4 is 5.32 Å². The van der Waals surface area contributed by atoms with Crippen LogP contribution in [0.2, 0.25) is 0 Å². The first kappa shape index (κ1) is 15.7. The van der Waals surface area contributed by atoms with Crippen molar-refractivity contribution < 1.29 is 19.8 Å². The molecule has 0 saturated carbocycles. The normalized spacial score (nSPS) is 12.6. The second-order valence-electron chi connectivity index (χ2n) is 4.52. The number of nitrogens with one attached hydrogen (secondary N) is 1. The molecule has 0 fully saturated rings. The quantitative estimate of drug-likeness (QED) is 0.637. The molecule has 0 aliphatic carbocycles. The van der Waals surface area contributed by atoms with Crippen molar-refractivity contribution in [3.63, 3.8) is 0 Å². The van der Waals surface area contributed by atoms with Gasteiger partial charge in [0.05, 0.1) is 6.61 Å². The first-order valence-electron chi connectivity index (χ1n) is 5.72. The molecule has 0 aliphatic heterocycles. The molecule has 6 nitrogen and oxygen atoms in total. The summed E-state index contributed by atoms with van der Waals surface area (Å²) in [4.78, 5) is 24.2. The van der Waals surface area contributed by atoms with Gasteiger partial charge in [-0.15, -0.1) is 0 Å². The predicted octanol–water partition coefficient (Wildman–Crippen LogP) is 0.508. The zero-order chi connectivity index (χ0) is 13.6. The van der Waals surface area contributed by atoms with E-state index in [1.165, 1.54) is 4.90 Å². The van der Waals surface area contributed by atoms with Crippen LogP contribution in [-0.4, -0.2) is 52.3 Å². The van der Waals surface area contributed by atoms with Gasteiger partial charge in [-0.05, 0) is 19.8 Å². The Balaban J connectivity index is 4.62. The van der Waals surface area contributed by atoms with Gasteiger partial charge in [-0.2, -0.15) is 0 Å². The summed E-state index contributed by atoms with van der Waals surface area (Å²) in [6.45, 7) is 7.11. The molecule has 0 bridgehead atoms. The molecular formula is C11H22N2O4. The van der Waals surface area contributed by atoms with Gasteiger partial charge in [0.2, 0.25) is 0 Å². The lowest BCUT2D eigenvalue weighted by Gasteiger charge is -2.28. The Hall–Kier alpha value is -1.30. The predicted molar refractivity (Wildman–Crippen MR) is 63.7 cm³/mol. The highest BCUT2D eigenvalue weighted by molar-refractivity contribution is 5.82. The van der Waals surface area contributed by atoms with Crippen LogP contribution in [0.1, 0.15) is 27.7 Å². The van der Waals surface area contributed by atoms with E-state index in [-0.39, 0.29) is 25.1 Å². The van der Waals surface area contributed by atoms with Gasteiger partial charge < -0.3 is 20.4 Å². The van der Waals surface area contributed by atoms with Crippen LogP contribution in [0.15, 0.2) is 0 Å². The summed E-state index contributed by atoms with van der Waals surface area (Å²) in [5.41, 5.74) is 0. The number of hydrogen-bond acceptors (Lipinski definition) is 3. The van der Waals surface area contributed by atoms with Gasteiger partial charge in [0.1, 0.15) is 6.04 Å². The average Bonchev–Trinajstić information content (AvgIpc) is 2.20. The third-order valence-electron chi connectivity index (χ3n) is 2.44. The van der Waals surface area contributed by atoms with E-state index in [0.717, 1.165) is 0 Å². The van der Waals surface area contributed by atoms with Gasteiger partial charge in [-0.3, -0.25) is 0 Å². The van der Waals surface area contributed by atoms with Crippen LogP contribution in [0, 0.1) is 5.92 Å². The molecule has 0 saturated heterocycles. The molecule has 0 unspecified atom stereocenters. The van der Waals surface area contributed by atoms with Gasteiger partial charge in [-0.25, -0.2) is 9.59 Å². The number of carboxylic acids is 1. The van der Waals surface area contributed by atoms with E-state index < -0.39 is 18.0 Å². The number of aliphatic carboxylic acids is 1. The molecule has 0 heterocycles. The SMILES string of the molecule is CC(C)[C@@H](NC(=O)N(CCO)C(C)C)C(=O)O. The minimum Gasteiger partial charge on any atom is -0.480 e. The van der Waals surface area contributed by atoms with Crippen LogP contribution in [0.3, 0.4) is 0 Å². The van der Waals surface area contributed by atoms with Crippen molar-refractivity contribution in [3.8, 4) is 0 Å². The zero-order valence-corrected chi connectivity index (χ0v) is 10.8. The van der Waals surface area contributed by atoms with Gasteiger partial charge in [0.15, 0.2) is 0 Å². The molecule has 0 aromatic carbocycles. The summed E-state index contributed by atoms with van der Waals surface area (Å²) in [5, 5.41) is 20.3. The Morgan fingerprint density at radius 3 is 2.06 bits per heavy atom. The van der Waals surface area contributed by atoms with Crippen LogP contribution in [0.5, 0.6) is 0 Å². The standard InChI is InChI=1S/C11H22N2O4/c1-7(2)9(10(15)16)12-11(17)13(5-6-14)8(3)4/h7-9,14H,5-6H2,1-4H3,(H,12,17)(H,15,16)/t9-/m1/s1.